The van der Waals surface area contributed by atoms with Crippen molar-refractivity contribution >= 4 is 11.9 Å². The predicted octanol–water partition coefficient (Wildman–Crippen LogP) is 2.53. The van der Waals surface area contributed by atoms with Crippen molar-refractivity contribution in [3.05, 3.63) is 22.7 Å². The van der Waals surface area contributed by atoms with Crippen molar-refractivity contribution in [3.8, 4) is 0 Å². The molecule has 0 amide bonds. The topological polar surface area (TPSA) is 72.8 Å². The highest BCUT2D eigenvalue weighted by Crippen LogP contribution is 2.36. The van der Waals surface area contributed by atoms with Crippen LogP contribution in [0.15, 0.2) is 22.7 Å². The molecule has 0 aromatic carbocycles. The van der Waals surface area contributed by atoms with Crippen molar-refractivity contribution in [1.82, 2.24) is 0 Å². The summed E-state index contributed by atoms with van der Waals surface area (Å²) < 4.78 is 10.3. The summed E-state index contributed by atoms with van der Waals surface area (Å²) in [5.41, 5.74) is 0.175. The van der Waals surface area contributed by atoms with Gasteiger partial charge in [-0.3, -0.25) is 0 Å². The lowest BCUT2D eigenvalue weighted by molar-refractivity contribution is -0.150. The van der Waals surface area contributed by atoms with Crippen molar-refractivity contribution in [2.75, 3.05) is 0 Å². The molecule has 1 heterocycles. The van der Waals surface area contributed by atoms with E-state index in [-0.39, 0.29) is 11.5 Å². The molecule has 0 aromatic heterocycles. The highest BCUT2D eigenvalue weighted by molar-refractivity contribution is 5.97. The second-order valence-corrected chi connectivity index (χ2v) is 5.73. The molecular weight excluding hydrogens is 248 g/mol. The zero-order chi connectivity index (χ0) is 14.2. The Balaban J connectivity index is 2.37. The SMILES string of the molecule is CC(C)(C)OC(=O)C1=C2OC(=O)C(O)=C2CCCC1. The molecule has 1 aliphatic heterocycles. The molecule has 2 rings (SSSR count). The van der Waals surface area contributed by atoms with Crippen LogP contribution in [-0.2, 0) is 19.1 Å². The van der Waals surface area contributed by atoms with Crippen molar-refractivity contribution in [2.45, 2.75) is 52.1 Å². The number of esters is 2. The van der Waals surface area contributed by atoms with Crippen molar-refractivity contribution in [2.24, 2.45) is 0 Å². The summed E-state index contributed by atoms with van der Waals surface area (Å²) in [5, 5.41) is 9.67. The maximum absolute atomic E-state index is 12.1. The number of hydrogen-bond acceptors (Lipinski definition) is 5. The first-order valence-corrected chi connectivity index (χ1v) is 6.41. The summed E-state index contributed by atoms with van der Waals surface area (Å²) in [6.07, 6.45) is 2.63. The second-order valence-electron chi connectivity index (χ2n) is 5.73. The van der Waals surface area contributed by atoms with Crippen molar-refractivity contribution in [1.29, 1.82) is 0 Å². The van der Waals surface area contributed by atoms with E-state index in [0.717, 1.165) is 12.8 Å². The number of rotatable bonds is 1. The molecule has 0 spiro atoms. The molecule has 0 saturated carbocycles. The van der Waals surface area contributed by atoms with Gasteiger partial charge in [0, 0.05) is 5.57 Å². The first-order chi connectivity index (χ1) is 8.79. The van der Waals surface area contributed by atoms with E-state index in [9.17, 15) is 14.7 Å². The molecule has 0 unspecified atom stereocenters. The average Bonchev–Trinajstić information content (AvgIpc) is 2.49. The van der Waals surface area contributed by atoms with Crippen LogP contribution >= 0.6 is 0 Å². The monoisotopic (exact) mass is 266 g/mol. The molecule has 0 bridgehead atoms. The Labute approximate surface area is 111 Å². The highest BCUT2D eigenvalue weighted by Gasteiger charge is 2.36. The Hall–Kier alpha value is -1.78. The number of fused-ring (bicyclic) bond motifs is 1. The number of aliphatic hydroxyl groups is 1. The first kappa shape index (κ1) is 13.6. The minimum Gasteiger partial charge on any atom is -0.502 e. The van der Waals surface area contributed by atoms with Gasteiger partial charge in [0.15, 0.2) is 0 Å². The molecular formula is C14H18O5. The van der Waals surface area contributed by atoms with Crippen LogP contribution in [0.25, 0.3) is 0 Å². The fraction of sp³-hybridized carbons (Fsp3) is 0.571. The predicted molar refractivity (Wildman–Crippen MR) is 67.1 cm³/mol. The second kappa shape index (κ2) is 4.72. The Morgan fingerprint density at radius 3 is 2.53 bits per heavy atom. The van der Waals surface area contributed by atoms with Gasteiger partial charge >= 0.3 is 11.9 Å². The van der Waals surface area contributed by atoms with Gasteiger partial charge in [0.2, 0.25) is 5.76 Å². The molecule has 0 atom stereocenters. The minimum atomic E-state index is -0.784. The van der Waals surface area contributed by atoms with E-state index < -0.39 is 17.5 Å². The van der Waals surface area contributed by atoms with Crippen molar-refractivity contribution in [3.63, 3.8) is 0 Å². The highest BCUT2D eigenvalue weighted by atomic mass is 16.6. The number of carbonyl (C=O) groups excluding carboxylic acids is 2. The minimum absolute atomic E-state index is 0.203. The summed E-state index contributed by atoms with van der Waals surface area (Å²) in [6, 6.07) is 0. The standard InChI is InChI=1S/C14H18O5/c1-14(2,3)19-12(16)9-7-5-4-6-8-10(15)13(17)18-11(8)9/h15H,4-7H2,1-3H3. The maximum Gasteiger partial charge on any atom is 0.379 e. The van der Waals surface area contributed by atoms with Gasteiger partial charge < -0.3 is 14.6 Å². The molecule has 1 N–H and O–H groups in total. The molecule has 2 aliphatic rings. The Bertz CT molecular complexity index is 490. The molecule has 19 heavy (non-hydrogen) atoms. The fourth-order valence-electron chi connectivity index (χ4n) is 2.16. The van der Waals surface area contributed by atoms with Gasteiger partial charge in [0.25, 0.3) is 0 Å². The third-order valence-corrected chi connectivity index (χ3v) is 2.97. The number of hydrogen-bond donors (Lipinski definition) is 1. The number of allylic oxidation sites excluding steroid dienone is 1. The van der Waals surface area contributed by atoms with E-state index in [1.54, 1.807) is 20.8 Å². The molecule has 0 radical (unpaired) electrons. The molecule has 0 aromatic rings. The van der Waals surface area contributed by atoms with Crippen LogP contribution in [0, 0.1) is 0 Å². The molecule has 104 valence electrons. The third kappa shape index (κ3) is 2.80. The van der Waals surface area contributed by atoms with E-state index in [1.165, 1.54) is 0 Å². The number of carbonyl (C=O) groups is 2. The van der Waals surface area contributed by atoms with Gasteiger partial charge in [0.05, 0.1) is 5.57 Å². The van der Waals surface area contributed by atoms with E-state index >= 15 is 0 Å². The van der Waals surface area contributed by atoms with Gasteiger partial charge in [-0.2, -0.15) is 0 Å². The number of ether oxygens (including phenoxy) is 2. The van der Waals surface area contributed by atoms with Crippen LogP contribution < -0.4 is 0 Å². The van der Waals surface area contributed by atoms with Crippen LogP contribution in [0.5, 0.6) is 0 Å². The molecule has 0 saturated heterocycles. The van der Waals surface area contributed by atoms with Crippen LogP contribution in [0.4, 0.5) is 0 Å². The van der Waals surface area contributed by atoms with Gasteiger partial charge in [-0.1, -0.05) is 0 Å². The third-order valence-electron chi connectivity index (χ3n) is 2.97. The molecule has 1 aliphatic carbocycles. The van der Waals surface area contributed by atoms with Gasteiger partial charge in [-0.15, -0.1) is 0 Å². The molecule has 0 fully saturated rings. The van der Waals surface area contributed by atoms with Crippen LogP contribution in [0.2, 0.25) is 0 Å². The summed E-state index contributed by atoms with van der Waals surface area (Å²) in [6.45, 7) is 5.34. The Morgan fingerprint density at radius 2 is 1.89 bits per heavy atom. The van der Waals surface area contributed by atoms with E-state index in [0.29, 0.717) is 24.0 Å². The largest absolute Gasteiger partial charge is 0.502 e. The van der Waals surface area contributed by atoms with Crippen LogP contribution in [0.3, 0.4) is 0 Å². The lowest BCUT2D eigenvalue weighted by Crippen LogP contribution is -2.25. The molecule has 5 nitrogen and oxygen atoms in total. The van der Waals surface area contributed by atoms with Crippen molar-refractivity contribution < 1.29 is 24.2 Å². The van der Waals surface area contributed by atoms with E-state index in [2.05, 4.69) is 0 Å². The summed E-state index contributed by atoms with van der Waals surface area (Å²) in [7, 11) is 0. The lowest BCUT2D eigenvalue weighted by Gasteiger charge is -2.20. The quantitative estimate of drug-likeness (QED) is 0.738. The summed E-state index contributed by atoms with van der Waals surface area (Å²) >= 11 is 0. The van der Waals surface area contributed by atoms with E-state index in [4.69, 9.17) is 9.47 Å². The maximum atomic E-state index is 12.1. The summed E-state index contributed by atoms with van der Waals surface area (Å²) in [5.74, 6) is -1.44. The zero-order valence-electron chi connectivity index (χ0n) is 11.4. The Morgan fingerprint density at radius 1 is 1.26 bits per heavy atom. The number of aliphatic hydroxyl groups excluding tert-OH is 1. The summed E-state index contributed by atoms with van der Waals surface area (Å²) in [4.78, 5) is 23.5. The van der Waals surface area contributed by atoms with Gasteiger partial charge in [-0.25, -0.2) is 9.59 Å². The Kier molecular flexibility index (Phi) is 3.39. The first-order valence-electron chi connectivity index (χ1n) is 6.41. The normalized spacial score (nSPS) is 20.1. The average molecular weight is 266 g/mol. The lowest BCUT2D eigenvalue weighted by atomic mass is 10.1. The van der Waals surface area contributed by atoms with Crippen LogP contribution in [0.1, 0.15) is 46.5 Å². The smallest absolute Gasteiger partial charge is 0.379 e. The fourth-order valence-corrected chi connectivity index (χ4v) is 2.16. The van der Waals surface area contributed by atoms with Gasteiger partial charge in [0.1, 0.15) is 11.4 Å². The van der Waals surface area contributed by atoms with Crippen LogP contribution in [-0.4, -0.2) is 22.6 Å². The van der Waals surface area contributed by atoms with E-state index in [1.807, 2.05) is 0 Å². The molecule has 5 heteroatoms. The zero-order valence-corrected chi connectivity index (χ0v) is 11.4. The van der Waals surface area contributed by atoms with Gasteiger partial charge in [-0.05, 0) is 46.5 Å².